The summed E-state index contributed by atoms with van der Waals surface area (Å²) < 4.78 is 15.4. The molecule has 0 bridgehead atoms. The van der Waals surface area contributed by atoms with Crippen molar-refractivity contribution in [1.29, 1.82) is 0 Å². The Balaban J connectivity index is 2.93. The summed E-state index contributed by atoms with van der Waals surface area (Å²) in [4.78, 5) is 23.5. The third-order valence-electron chi connectivity index (χ3n) is 1.99. The van der Waals surface area contributed by atoms with Gasteiger partial charge in [-0.05, 0) is 27.7 Å². The summed E-state index contributed by atoms with van der Waals surface area (Å²) in [6.45, 7) is 6.76. The van der Waals surface area contributed by atoms with Gasteiger partial charge in [0.25, 0.3) is 0 Å². The molecule has 0 N–H and O–H groups in total. The summed E-state index contributed by atoms with van der Waals surface area (Å²) in [5, 5.41) is 0.0758. The Morgan fingerprint density at radius 1 is 1.24 bits per heavy atom. The van der Waals surface area contributed by atoms with Gasteiger partial charge >= 0.3 is 11.9 Å². The molecule has 0 fully saturated rings. The van der Waals surface area contributed by atoms with Crippen molar-refractivity contribution in [2.75, 3.05) is 13.2 Å². The largest absolute Gasteiger partial charge is 0.478 e. The standard InChI is InChI=1S/C13H16Cl2O5S/c1-5-18-7(16)6-19-9-8(14)11(15)21-10(9)12(17)20-13(2,3)4/h5-6H2,1-4H3. The van der Waals surface area contributed by atoms with Gasteiger partial charge in [-0.2, -0.15) is 0 Å². The van der Waals surface area contributed by atoms with Crippen LogP contribution in [0.1, 0.15) is 37.4 Å². The van der Waals surface area contributed by atoms with Crippen molar-refractivity contribution < 1.29 is 23.8 Å². The van der Waals surface area contributed by atoms with Crippen LogP contribution in [0.5, 0.6) is 5.75 Å². The van der Waals surface area contributed by atoms with Crippen molar-refractivity contribution in [2.45, 2.75) is 33.3 Å². The number of carbonyl (C=O) groups is 2. The van der Waals surface area contributed by atoms with Gasteiger partial charge in [0.1, 0.15) is 15.0 Å². The highest BCUT2D eigenvalue weighted by atomic mass is 35.5. The van der Waals surface area contributed by atoms with E-state index in [0.29, 0.717) is 0 Å². The Labute approximate surface area is 137 Å². The van der Waals surface area contributed by atoms with E-state index in [1.165, 1.54) is 0 Å². The zero-order chi connectivity index (χ0) is 16.2. The van der Waals surface area contributed by atoms with Gasteiger partial charge in [0, 0.05) is 0 Å². The van der Waals surface area contributed by atoms with E-state index in [-0.39, 0.29) is 33.2 Å². The van der Waals surface area contributed by atoms with Crippen molar-refractivity contribution in [3.8, 4) is 5.75 Å². The van der Waals surface area contributed by atoms with Gasteiger partial charge in [-0.1, -0.05) is 23.2 Å². The number of halogens is 2. The fourth-order valence-corrected chi connectivity index (χ4v) is 2.67. The summed E-state index contributed by atoms with van der Waals surface area (Å²) in [7, 11) is 0. The molecule has 0 radical (unpaired) electrons. The number of esters is 2. The van der Waals surface area contributed by atoms with Crippen molar-refractivity contribution in [3.05, 3.63) is 14.2 Å². The van der Waals surface area contributed by atoms with E-state index in [1.807, 2.05) is 0 Å². The van der Waals surface area contributed by atoms with E-state index in [9.17, 15) is 9.59 Å². The Morgan fingerprint density at radius 2 is 1.86 bits per heavy atom. The number of rotatable bonds is 5. The molecule has 0 aromatic carbocycles. The van der Waals surface area contributed by atoms with Crippen LogP contribution in [0.2, 0.25) is 9.36 Å². The second kappa shape index (κ2) is 7.33. The molecule has 0 aliphatic carbocycles. The molecule has 21 heavy (non-hydrogen) atoms. The first kappa shape index (κ1) is 18.1. The summed E-state index contributed by atoms with van der Waals surface area (Å²) in [5.41, 5.74) is -0.668. The van der Waals surface area contributed by atoms with Crippen LogP contribution in [-0.2, 0) is 14.3 Å². The molecule has 1 aromatic heterocycles. The molecule has 0 saturated heterocycles. The fraction of sp³-hybridized carbons (Fsp3) is 0.538. The number of carbonyl (C=O) groups excluding carboxylic acids is 2. The Hall–Kier alpha value is -0.980. The van der Waals surface area contributed by atoms with E-state index < -0.39 is 17.5 Å². The van der Waals surface area contributed by atoms with Crippen molar-refractivity contribution in [2.24, 2.45) is 0 Å². The highest BCUT2D eigenvalue weighted by molar-refractivity contribution is 7.19. The van der Waals surface area contributed by atoms with E-state index >= 15 is 0 Å². The molecule has 8 heteroatoms. The van der Waals surface area contributed by atoms with E-state index in [0.717, 1.165) is 11.3 Å². The summed E-state index contributed by atoms with van der Waals surface area (Å²) in [6.07, 6.45) is 0. The Morgan fingerprint density at radius 3 is 2.38 bits per heavy atom. The average Bonchev–Trinajstić information content (AvgIpc) is 2.62. The minimum atomic E-state index is -0.668. The summed E-state index contributed by atoms with van der Waals surface area (Å²) in [5.74, 6) is -1.14. The number of hydrogen-bond donors (Lipinski definition) is 0. The second-order valence-corrected chi connectivity index (χ2v) is 6.94. The number of hydrogen-bond acceptors (Lipinski definition) is 6. The maximum absolute atomic E-state index is 12.1. The predicted octanol–water partition coefficient (Wildman–Crippen LogP) is 3.95. The predicted molar refractivity (Wildman–Crippen MR) is 81.6 cm³/mol. The molecule has 1 aromatic rings. The van der Waals surface area contributed by atoms with Crippen molar-refractivity contribution in [1.82, 2.24) is 0 Å². The first-order chi connectivity index (χ1) is 9.65. The van der Waals surface area contributed by atoms with Crippen LogP contribution in [0, 0.1) is 0 Å². The molecular formula is C13H16Cl2O5S. The summed E-state index contributed by atoms with van der Waals surface area (Å²) in [6, 6.07) is 0. The monoisotopic (exact) mass is 354 g/mol. The van der Waals surface area contributed by atoms with Crippen LogP contribution in [0.15, 0.2) is 0 Å². The van der Waals surface area contributed by atoms with E-state index in [2.05, 4.69) is 0 Å². The average molecular weight is 355 g/mol. The van der Waals surface area contributed by atoms with Crippen LogP contribution in [0.3, 0.4) is 0 Å². The maximum atomic E-state index is 12.1. The van der Waals surface area contributed by atoms with Gasteiger partial charge in [0.05, 0.1) is 6.61 Å². The fourth-order valence-electron chi connectivity index (χ4n) is 1.29. The molecular weight excluding hydrogens is 339 g/mol. The lowest BCUT2D eigenvalue weighted by atomic mass is 10.2. The van der Waals surface area contributed by atoms with Crippen molar-refractivity contribution >= 4 is 46.5 Å². The molecule has 0 saturated carbocycles. The van der Waals surface area contributed by atoms with Crippen LogP contribution in [-0.4, -0.2) is 30.8 Å². The summed E-state index contributed by atoms with van der Waals surface area (Å²) >= 11 is 12.8. The molecule has 1 rings (SSSR count). The quantitative estimate of drug-likeness (QED) is 0.749. The molecule has 0 aliphatic rings. The first-order valence-corrected chi connectivity index (χ1v) is 7.72. The maximum Gasteiger partial charge on any atom is 0.352 e. The first-order valence-electron chi connectivity index (χ1n) is 6.15. The van der Waals surface area contributed by atoms with E-state index in [4.69, 9.17) is 37.4 Å². The normalized spacial score (nSPS) is 11.1. The van der Waals surface area contributed by atoms with Crippen LogP contribution >= 0.6 is 34.5 Å². The topological polar surface area (TPSA) is 61.8 Å². The molecule has 0 aliphatic heterocycles. The SMILES string of the molecule is CCOC(=O)COc1c(C(=O)OC(C)(C)C)sc(Cl)c1Cl. The molecule has 0 atom stereocenters. The third kappa shape index (κ3) is 5.37. The lowest BCUT2D eigenvalue weighted by molar-refractivity contribution is -0.145. The molecule has 0 amide bonds. The minimum absolute atomic E-state index is 0.0361. The highest BCUT2D eigenvalue weighted by Gasteiger charge is 2.27. The Kier molecular flexibility index (Phi) is 6.31. The molecule has 5 nitrogen and oxygen atoms in total. The van der Waals surface area contributed by atoms with Gasteiger partial charge < -0.3 is 14.2 Å². The van der Waals surface area contributed by atoms with Gasteiger partial charge in [0.2, 0.25) is 0 Å². The molecule has 118 valence electrons. The van der Waals surface area contributed by atoms with Gasteiger partial charge in [-0.15, -0.1) is 11.3 Å². The van der Waals surface area contributed by atoms with Gasteiger partial charge in [0.15, 0.2) is 17.2 Å². The number of ether oxygens (including phenoxy) is 3. The smallest absolute Gasteiger partial charge is 0.352 e. The van der Waals surface area contributed by atoms with Crippen molar-refractivity contribution in [3.63, 3.8) is 0 Å². The van der Waals surface area contributed by atoms with Crippen LogP contribution in [0.25, 0.3) is 0 Å². The zero-order valence-corrected chi connectivity index (χ0v) is 14.4. The molecule has 0 spiro atoms. The third-order valence-corrected chi connectivity index (χ3v) is 3.92. The molecule has 1 heterocycles. The number of thiophene rings is 1. The zero-order valence-electron chi connectivity index (χ0n) is 12.1. The highest BCUT2D eigenvalue weighted by Crippen LogP contribution is 2.43. The molecule has 0 unspecified atom stereocenters. The van der Waals surface area contributed by atoms with Crippen LogP contribution < -0.4 is 4.74 Å². The van der Waals surface area contributed by atoms with Gasteiger partial charge in [-0.25, -0.2) is 9.59 Å². The Bertz CT molecular complexity index is 533. The van der Waals surface area contributed by atoms with Gasteiger partial charge in [-0.3, -0.25) is 0 Å². The van der Waals surface area contributed by atoms with Crippen LogP contribution in [0.4, 0.5) is 0 Å². The lowest BCUT2D eigenvalue weighted by Gasteiger charge is -2.19. The van der Waals surface area contributed by atoms with E-state index in [1.54, 1.807) is 27.7 Å². The second-order valence-electron chi connectivity index (χ2n) is 4.94. The minimum Gasteiger partial charge on any atom is -0.478 e. The lowest BCUT2D eigenvalue weighted by Crippen LogP contribution is -2.24.